The van der Waals surface area contributed by atoms with Crippen LogP contribution in [-0.4, -0.2) is 38.8 Å². The van der Waals surface area contributed by atoms with Crippen molar-refractivity contribution in [1.29, 1.82) is 0 Å². The number of carbonyl (C=O) groups is 1. The number of aromatic amines is 1. The first kappa shape index (κ1) is 16.3. The number of hydrogen-bond donors (Lipinski definition) is 3. The van der Waals surface area contributed by atoms with Gasteiger partial charge in [-0.3, -0.25) is 9.89 Å². The molecule has 1 aromatic carbocycles. The summed E-state index contributed by atoms with van der Waals surface area (Å²) in [6.45, 7) is 2.14. The molecule has 2 unspecified atom stereocenters. The average Bonchev–Trinajstić information content (AvgIpc) is 3.25. The van der Waals surface area contributed by atoms with E-state index in [0.717, 1.165) is 30.7 Å². The van der Waals surface area contributed by atoms with E-state index >= 15 is 0 Å². The number of amides is 1. The van der Waals surface area contributed by atoms with Crippen molar-refractivity contribution >= 4 is 5.91 Å². The molecular weight excluding hydrogens is 316 g/mol. The molecule has 132 valence electrons. The summed E-state index contributed by atoms with van der Waals surface area (Å²) >= 11 is 0. The quantitative estimate of drug-likeness (QED) is 0.780. The summed E-state index contributed by atoms with van der Waals surface area (Å²) in [5.41, 5.74) is 1.31. The molecule has 0 bridgehead atoms. The van der Waals surface area contributed by atoms with Crippen molar-refractivity contribution in [2.75, 3.05) is 6.61 Å². The lowest BCUT2D eigenvalue weighted by molar-refractivity contribution is 0.0830. The molecule has 0 radical (unpaired) electrons. The number of aliphatic hydroxyl groups excluding tert-OH is 1. The van der Waals surface area contributed by atoms with Gasteiger partial charge >= 0.3 is 0 Å². The molecule has 4 rings (SSSR count). The Kier molecular flexibility index (Phi) is 4.07. The maximum Gasteiger partial charge on any atom is 0.251 e. The van der Waals surface area contributed by atoms with Crippen LogP contribution in [0, 0.1) is 5.41 Å². The van der Waals surface area contributed by atoms with E-state index in [0.29, 0.717) is 17.3 Å². The number of aliphatic hydroxyl groups is 1. The second-order valence-corrected chi connectivity index (χ2v) is 7.63. The third-order valence-corrected chi connectivity index (χ3v) is 5.62. The molecule has 25 heavy (non-hydrogen) atoms. The fourth-order valence-electron chi connectivity index (χ4n) is 3.62. The highest BCUT2D eigenvalue weighted by molar-refractivity contribution is 5.94. The molecule has 0 aliphatic heterocycles. The highest BCUT2D eigenvalue weighted by Gasteiger charge is 2.39. The maximum atomic E-state index is 12.5. The van der Waals surface area contributed by atoms with Crippen LogP contribution in [0.25, 0.3) is 11.4 Å². The predicted octanol–water partition coefficient (Wildman–Crippen LogP) is 2.63. The lowest BCUT2D eigenvalue weighted by Crippen LogP contribution is -2.44. The summed E-state index contributed by atoms with van der Waals surface area (Å²) in [5.74, 6) is 2.09. The minimum atomic E-state index is -0.215. The van der Waals surface area contributed by atoms with E-state index in [1.165, 1.54) is 12.8 Å². The van der Waals surface area contributed by atoms with Crippen LogP contribution in [0.5, 0.6) is 0 Å². The van der Waals surface area contributed by atoms with Crippen molar-refractivity contribution < 1.29 is 9.90 Å². The number of benzene rings is 1. The number of carbonyl (C=O) groups excluding carboxylic acids is 1. The minimum absolute atomic E-state index is 0.0267. The number of nitrogens with one attached hydrogen (secondary N) is 2. The molecular formula is C19H24N4O2. The van der Waals surface area contributed by atoms with Gasteiger partial charge < -0.3 is 10.4 Å². The van der Waals surface area contributed by atoms with E-state index in [4.69, 9.17) is 0 Å². The van der Waals surface area contributed by atoms with Crippen LogP contribution in [0.1, 0.15) is 61.1 Å². The first-order valence-electron chi connectivity index (χ1n) is 9.03. The molecule has 2 aliphatic rings. The number of H-pyrrole nitrogens is 1. The fourth-order valence-corrected chi connectivity index (χ4v) is 3.62. The third-order valence-electron chi connectivity index (χ3n) is 5.62. The first-order chi connectivity index (χ1) is 12.1. The van der Waals surface area contributed by atoms with Crippen molar-refractivity contribution in [2.45, 2.75) is 51.0 Å². The van der Waals surface area contributed by atoms with Crippen molar-refractivity contribution in [2.24, 2.45) is 5.41 Å². The van der Waals surface area contributed by atoms with Crippen LogP contribution in [-0.2, 0) is 0 Å². The molecule has 1 aromatic heterocycles. The van der Waals surface area contributed by atoms with E-state index in [1.54, 1.807) is 0 Å². The van der Waals surface area contributed by atoms with Crippen molar-refractivity contribution in [3.63, 3.8) is 0 Å². The second-order valence-electron chi connectivity index (χ2n) is 7.63. The normalized spacial score (nSPS) is 25.9. The van der Waals surface area contributed by atoms with Crippen molar-refractivity contribution in [1.82, 2.24) is 20.5 Å². The highest BCUT2D eigenvalue weighted by Crippen LogP contribution is 2.38. The van der Waals surface area contributed by atoms with Gasteiger partial charge in [-0.05, 0) is 37.8 Å². The lowest BCUT2D eigenvalue weighted by atomic mass is 9.85. The van der Waals surface area contributed by atoms with Gasteiger partial charge in [0.2, 0.25) is 0 Å². The zero-order valence-corrected chi connectivity index (χ0v) is 14.5. The fraction of sp³-hybridized carbons (Fsp3) is 0.526. The van der Waals surface area contributed by atoms with Crippen LogP contribution in [0.15, 0.2) is 24.3 Å². The molecule has 6 heteroatoms. The van der Waals surface area contributed by atoms with Gasteiger partial charge in [-0.15, -0.1) is 0 Å². The molecule has 2 saturated carbocycles. The van der Waals surface area contributed by atoms with Crippen molar-refractivity contribution in [3.8, 4) is 11.4 Å². The number of nitrogens with zero attached hydrogens (tertiary/aromatic N) is 2. The Balaban J connectivity index is 1.45. The molecule has 3 N–H and O–H groups in total. The van der Waals surface area contributed by atoms with Crippen LogP contribution in [0.4, 0.5) is 0 Å². The van der Waals surface area contributed by atoms with Crippen LogP contribution < -0.4 is 5.32 Å². The van der Waals surface area contributed by atoms with Gasteiger partial charge in [-0.2, -0.15) is 5.10 Å². The smallest absolute Gasteiger partial charge is 0.251 e. The SMILES string of the molecule is CC1(CO)CCCC1NC(=O)c1ccc(-c2n[nH]c(C3CC3)n2)cc1. The Morgan fingerprint density at radius 3 is 2.76 bits per heavy atom. The Labute approximate surface area is 147 Å². The van der Waals surface area contributed by atoms with Crippen LogP contribution in [0.2, 0.25) is 0 Å². The van der Waals surface area contributed by atoms with Gasteiger partial charge in [0.25, 0.3) is 5.91 Å². The largest absolute Gasteiger partial charge is 0.396 e. The molecule has 2 atom stereocenters. The number of aromatic nitrogens is 3. The summed E-state index contributed by atoms with van der Waals surface area (Å²) in [4.78, 5) is 17.1. The monoisotopic (exact) mass is 340 g/mol. The zero-order chi connectivity index (χ0) is 17.4. The van der Waals surface area contributed by atoms with Gasteiger partial charge in [0.15, 0.2) is 5.82 Å². The average molecular weight is 340 g/mol. The second kappa shape index (κ2) is 6.26. The van der Waals surface area contributed by atoms with E-state index < -0.39 is 0 Å². The Morgan fingerprint density at radius 1 is 1.32 bits per heavy atom. The number of rotatable bonds is 5. The zero-order valence-electron chi connectivity index (χ0n) is 14.5. The predicted molar refractivity (Wildman–Crippen MR) is 94.1 cm³/mol. The standard InChI is InChI=1S/C19H24N4O2/c1-19(11-24)10-2-3-15(19)20-18(25)14-8-6-13(7-9-14)17-21-16(22-23-17)12-4-5-12/h6-9,12,15,24H,2-5,10-11H2,1H3,(H,20,25)(H,21,22,23). The molecule has 2 aromatic rings. The van der Waals surface area contributed by atoms with Crippen LogP contribution in [0.3, 0.4) is 0 Å². The van der Waals surface area contributed by atoms with Gasteiger partial charge in [0.1, 0.15) is 5.82 Å². The van der Waals surface area contributed by atoms with Gasteiger partial charge in [-0.25, -0.2) is 4.98 Å². The number of hydrogen-bond acceptors (Lipinski definition) is 4. The van der Waals surface area contributed by atoms with E-state index in [2.05, 4.69) is 20.5 Å². The Morgan fingerprint density at radius 2 is 2.08 bits per heavy atom. The Bertz CT molecular complexity index is 766. The van der Waals surface area contributed by atoms with E-state index in [-0.39, 0.29) is 24.0 Å². The van der Waals surface area contributed by atoms with Gasteiger partial charge in [0.05, 0.1) is 6.61 Å². The molecule has 2 fully saturated rings. The maximum absolute atomic E-state index is 12.5. The molecule has 2 aliphatic carbocycles. The van der Waals surface area contributed by atoms with Crippen LogP contribution >= 0.6 is 0 Å². The van der Waals surface area contributed by atoms with Gasteiger partial charge in [-0.1, -0.05) is 25.5 Å². The highest BCUT2D eigenvalue weighted by atomic mass is 16.3. The first-order valence-corrected chi connectivity index (χ1v) is 9.03. The molecule has 6 nitrogen and oxygen atoms in total. The minimum Gasteiger partial charge on any atom is -0.396 e. The third kappa shape index (κ3) is 3.18. The summed E-state index contributed by atoms with van der Waals surface area (Å²) in [5, 5.41) is 20.0. The van der Waals surface area contributed by atoms with Crippen molar-refractivity contribution in [3.05, 3.63) is 35.7 Å². The van der Waals surface area contributed by atoms with E-state index in [9.17, 15) is 9.90 Å². The summed E-state index contributed by atoms with van der Waals surface area (Å²) < 4.78 is 0. The molecule has 0 saturated heterocycles. The Hall–Kier alpha value is -2.21. The summed E-state index contributed by atoms with van der Waals surface area (Å²) in [6, 6.07) is 7.41. The van der Waals surface area contributed by atoms with Gasteiger partial charge in [0, 0.05) is 28.5 Å². The topological polar surface area (TPSA) is 90.9 Å². The molecule has 1 amide bonds. The lowest BCUT2D eigenvalue weighted by Gasteiger charge is -2.30. The summed E-state index contributed by atoms with van der Waals surface area (Å²) in [7, 11) is 0. The molecule has 0 spiro atoms. The van der Waals surface area contributed by atoms with E-state index in [1.807, 2.05) is 31.2 Å². The summed E-state index contributed by atoms with van der Waals surface area (Å²) in [6.07, 6.45) is 5.27. The molecule has 1 heterocycles.